The van der Waals surface area contributed by atoms with Gasteiger partial charge in [0.1, 0.15) is 0 Å². The van der Waals surface area contributed by atoms with E-state index in [1.54, 1.807) is 6.07 Å². The van der Waals surface area contributed by atoms with Crippen LogP contribution in [0.25, 0.3) is 0 Å². The fraction of sp³-hybridized carbons (Fsp3) is 0.143. The van der Waals surface area contributed by atoms with Crippen LogP contribution in [-0.2, 0) is 4.79 Å². The molecule has 0 bridgehead atoms. The lowest BCUT2D eigenvalue weighted by Crippen LogP contribution is -2.21. The molecule has 0 unspecified atom stereocenters. The Balaban J connectivity index is 2.50. The van der Waals surface area contributed by atoms with E-state index in [1.807, 2.05) is 0 Å². The lowest BCUT2D eigenvalue weighted by atomic mass is 10.4. The first kappa shape index (κ1) is 9.53. The topological polar surface area (TPSA) is 80.9 Å². The number of nitrogens with zero attached hydrogens (tertiary/aromatic N) is 2. The quantitative estimate of drug-likeness (QED) is 0.670. The molecule has 0 aliphatic heterocycles. The number of carbonyl (C=O) groups is 1. The molecule has 13 heavy (non-hydrogen) atoms. The zero-order valence-corrected chi connectivity index (χ0v) is 7.54. The Morgan fingerprint density at radius 1 is 1.54 bits per heavy atom. The summed E-state index contributed by atoms with van der Waals surface area (Å²) in [5, 5.41) is 2.44. The van der Waals surface area contributed by atoms with E-state index in [9.17, 15) is 4.79 Å². The zero-order valence-electron chi connectivity index (χ0n) is 6.73. The number of amides is 1. The molecule has 0 fully saturated rings. The molecule has 0 radical (unpaired) electrons. The van der Waals surface area contributed by atoms with Gasteiger partial charge in [-0.2, -0.15) is 0 Å². The van der Waals surface area contributed by atoms with Crippen molar-refractivity contribution in [2.45, 2.75) is 6.42 Å². The van der Waals surface area contributed by atoms with E-state index in [4.69, 9.17) is 5.73 Å². The van der Waals surface area contributed by atoms with Crippen molar-refractivity contribution in [3.8, 4) is 0 Å². The van der Waals surface area contributed by atoms with Gasteiger partial charge in [0.2, 0.25) is 11.9 Å². The van der Waals surface area contributed by atoms with Gasteiger partial charge in [-0.05, 0) is 6.07 Å². The van der Waals surface area contributed by atoms with Crippen LogP contribution in [0.4, 0.5) is 5.95 Å². The monoisotopic (exact) mass is 196 g/mol. The standard InChI is InChI=1S/C7H8N4OS/c8-5(13)4-6(12)11-7-9-2-1-3-10-7/h1-3H,4H2,(H2,8,13)(H,9,10,11,12). The van der Waals surface area contributed by atoms with Crippen molar-refractivity contribution in [2.24, 2.45) is 5.73 Å². The Bertz CT molecular complexity index is 314. The number of thiocarbonyl (C=S) groups is 1. The summed E-state index contributed by atoms with van der Waals surface area (Å²) < 4.78 is 0. The average molecular weight is 196 g/mol. The molecule has 1 aromatic rings. The molecule has 0 aromatic carbocycles. The van der Waals surface area contributed by atoms with E-state index >= 15 is 0 Å². The third-order valence-electron chi connectivity index (χ3n) is 1.15. The van der Waals surface area contributed by atoms with E-state index in [1.165, 1.54) is 12.4 Å². The Morgan fingerprint density at radius 3 is 2.69 bits per heavy atom. The number of nitrogens with one attached hydrogen (secondary N) is 1. The molecule has 5 nitrogen and oxygen atoms in total. The molecule has 0 saturated carbocycles. The van der Waals surface area contributed by atoms with Crippen LogP contribution in [0, 0.1) is 0 Å². The molecule has 1 heterocycles. The Kier molecular flexibility index (Phi) is 3.27. The van der Waals surface area contributed by atoms with Gasteiger partial charge < -0.3 is 5.73 Å². The van der Waals surface area contributed by atoms with Crippen molar-refractivity contribution in [3.05, 3.63) is 18.5 Å². The van der Waals surface area contributed by atoms with Gasteiger partial charge in [0.25, 0.3) is 0 Å². The first-order valence-electron chi connectivity index (χ1n) is 3.53. The Labute approximate surface area is 80.4 Å². The highest BCUT2D eigenvalue weighted by Gasteiger charge is 2.04. The van der Waals surface area contributed by atoms with E-state index in [0.717, 1.165) is 0 Å². The summed E-state index contributed by atoms with van der Waals surface area (Å²) in [5.41, 5.74) is 5.18. The molecular formula is C7H8N4OS. The van der Waals surface area contributed by atoms with E-state index in [-0.39, 0.29) is 23.3 Å². The summed E-state index contributed by atoms with van der Waals surface area (Å²) in [6, 6.07) is 1.66. The van der Waals surface area contributed by atoms with Gasteiger partial charge in [-0.3, -0.25) is 10.1 Å². The maximum absolute atomic E-state index is 11.1. The largest absolute Gasteiger partial charge is 0.393 e. The molecule has 6 heteroatoms. The second kappa shape index (κ2) is 4.46. The van der Waals surface area contributed by atoms with Crippen LogP contribution in [-0.4, -0.2) is 20.9 Å². The number of aromatic nitrogens is 2. The van der Waals surface area contributed by atoms with Gasteiger partial charge in [-0.15, -0.1) is 0 Å². The third-order valence-corrected chi connectivity index (χ3v) is 1.30. The highest BCUT2D eigenvalue weighted by Crippen LogP contribution is 1.95. The molecule has 0 atom stereocenters. The van der Waals surface area contributed by atoms with Crippen LogP contribution < -0.4 is 11.1 Å². The number of carbonyl (C=O) groups excluding carboxylic acids is 1. The second-order valence-corrected chi connectivity index (χ2v) is 2.79. The lowest BCUT2D eigenvalue weighted by Gasteiger charge is -2.00. The fourth-order valence-corrected chi connectivity index (χ4v) is 0.822. The summed E-state index contributed by atoms with van der Waals surface area (Å²) >= 11 is 4.56. The minimum atomic E-state index is -0.307. The summed E-state index contributed by atoms with van der Waals surface area (Å²) in [6.07, 6.45) is 3.07. The van der Waals surface area contributed by atoms with Crippen molar-refractivity contribution in [1.29, 1.82) is 0 Å². The molecule has 0 aliphatic rings. The summed E-state index contributed by atoms with van der Waals surface area (Å²) in [6.45, 7) is 0. The summed E-state index contributed by atoms with van der Waals surface area (Å²) in [5.74, 6) is -0.0533. The number of anilines is 1. The van der Waals surface area contributed by atoms with E-state index in [2.05, 4.69) is 27.5 Å². The van der Waals surface area contributed by atoms with Crippen molar-refractivity contribution in [2.75, 3.05) is 5.32 Å². The van der Waals surface area contributed by atoms with Gasteiger partial charge in [0.05, 0.1) is 11.4 Å². The van der Waals surface area contributed by atoms with Gasteiger partial charge >= 0.3 is 0 Å². The zero-order chi connectivity index (χ0) is 9.68. The van der Waals surface area contributed by atoms with Crippen LogP contribution in [0.3, 0.4) is 0 Å². The average Bonchev–Trinajstić information content (AvgIpc) is 2.04. The van der Waals surface area contributed by atoms with E-state index < -0.39 is 0 Å². The number of nitrogens with two attached hydrogens (primary N) is 1. The van der Waals surface area contributed by atoms with Crippen molar-refractivity contribution >= 4 is 29.1 Å². The van der Waals surface area contributed by atoms with Gasteiger partial charge in [0.15, 0.2) is 0 Å². The normalized spacial score (nSPS) is 9.23. The van der Waals surface area contributed by atoms with Crippen LogP contribution in [0.5, 0.6) is 0 Å². The number of rotatable bonds is 3. The molecule has 1 aromatic heterocycles. The van der Waals surface area contributed by atoms with Crippen LogP contribution in [0.2, 0.25) is 0 Å². The van der Waals surface area contributed by atoms with Gasteiger partial charge in [-0.1, -0.05) is 12.2 Å². The predicted molar refractivity (Wildman–Crippen MR) is 52.1 cm³/mol. The lowest BCUT2D eigenvalue weighted by molar-refractivity contribution is -0.115. The Hall–Kier alpha value is -1.56. The summed E-state index contributed by atoms with van der Waals surface area (Å²) in [4.78, 5) is 18.8. The minimum absolute atomic E-state index is 0.00753. The highest BCUT2D eigenvalue weighted by molar-refractivity contribution is 7.80. The maximum atomic E-state index is 11.1. The fourth-order valence-electron chi connectivity index (χ4n) is 0.691. The first-order valence-corrected chi connectivity index (χ1v) is 3.94. The molecule has 0 aliphatic carbocycles. The SMILES string of the molecule is NC(=S)CC(=O)Nc1ncccn1. The predicted octanol–water partition coefficient (Wildman–Crippen LogP) is 0.0913. The van der Waals surface area contributed by atoms with E-state index in [0.29, 0.717) is 0 Å². The minimum Gasteiger partial charge on any atom is -0.393 e. The van der Waals surface area contributed by atoms with Gasteiger partial charge in [0, 0.05) is 12.4 Å². The number of hydrogen-bond acceptors (Lipinski definition) is 4. The molecule has 0 spiro atoms. The molecule has 3 N–H and O–H groups in total. The Morgan fingerprint density at radius 2 is 2.15 bits per heavy atom. The smallest absolute Gasteiger partial charge is 0.233 e. The summed E-state index contributed by atoms with van der Waals surface area (Å²) in [7, 11) is 0. The molecular weight excluding hydrogens is 188 g/mol. The first-order chi connectivity index (χ1) is 6.18. The highest BCUT2D eigenvalue weighted by atomic mass is 32.1. The van der Waals surface area contributed by atoms with Crippen LogP contribution in [0.1, 0.15) is 6.42 Å². The molecule has 1 amide bonds. The van der Waals surface area contributed by atoms with Crippen molar-refractivity contribution < 1.29 is 4.79 Å². The van der Waals surface area contributed by atoms with Crippen LogP contribution in [0.15, 0.2) is 18.5 Å². The maximum Gasteiger partial charge on any atom is 0.233 e. The van der Waals surface area contributed by atoms with Gasteiger partial charge in [-0.25, -0.2) is 9.97 Å². The molecule has 68 valence electrons. The second-order valence-electron chi connectivity index (χ2n) is 2.26. The van der Waals surface area contributed by atoms with Crippen molar-refractivity contribution in [1.82, 2.24) is 9.97 Å². The third kappa shape index (κ3) is 3.57. The molecule has 0 saturated heterocycles. The van der Waals surface area contributed by atoms with Crippen molar-refractivity contribution in [3.63, 3.8) is 0 Å². The van der Waals surface area contributed by atoms with Crippen LogP contribution >= 0.6 is 12.2 Å². The molecule has 1 rings (SSSR count). The number of hydrogen-bond donors (Lipinski definition) is 2.